The Hall–Kier alpha value is -1.85. The minimum Gasteiger partial charge on any atom is -0.485 e. The molecule has 1 saturated heterocycles. The van der Waals surface area contributed by atoms with Crippen LogP contribution in [0.2, 0.25) is 0 Å². The Kier molecular flexibility index (Phi) is 6.69. The van der Waals surface area contributed by atoms with Crippen molar-refractivity contribution < 1.29 is 9.53 Å². The standard InChI is InChI=1S/C21H28N2O2S/c1-3-4-9-19(20-10-6-15-26-20)25-18-8-5-7-17(16-18)21(24)23-13-11-22(2)12-14-23/h5-8,10,15-16,19H,3-4,9,11-14H2,1-2H3. The second-order valence-electron chi connectivity index (χ2n) is 6.89. The first kappa shape index (κ1) is 18.9. The van der Waals surface area contributed by atoms with Crippen LogP contribution < -0.4 is 4.74 Å². The number of thiophene rings is 1. The first-order valence-corrected chi connectivity index (χ1v) is 10.3. The number of piperazine rings is 1. The van der Waals surface area contributed by atoms with Gasteiger partial charge in [0.25, 0.3) is 5.91 Å². The highest BCUT2D eigenvalue weighted by molar-refractivity contribution is 7.10. The van der Waals surface area contributed by atoms with Crippen LogP contribution >= 0.6 is 11.3 Å². The molecule has 1 aliphatic heterocycles. The van der Waals surface area contributed by atoms with Crippen molar-refractivity contribution in [1.29, 1.82) is 0 Å². The lowest BCUT2D eigenvalue weighted by Gasteiger charge is -2.32. The second kappa shape index (κ2) is 9.19. The molecule has 1 unspecified atom stereocenters. The van der Waals surface area contributed by atoms with Crippen molar-refractivity contribution in [2.75, 3.05) is 33.2 Å². The lowest BCUT2D eigenvalue weighted by atomic mass is 10.1. The molecular formula is C21H28N2O2S. The van der Waals surface area contributed by atoms with Crippen LogP contribution in [0.1, 0.15) is 47.5 Å². The molecule has 5 heteroatoms. The largest absolute Gasteiger partial charge is 0.485 e. The predicted octanol–water partition coefficient (Wildman–Crippen LogP) is 4.45. The number of hydrogen-bond donors (Lipinski definition) is 0. The summed E-state index contributed by atoms with van der Waals surface area (Å²) >= 11 is 1.73. The summed E-state index contributed by atoms with van der Waals surface area (Å²) in [5, 5.41) is 2.09. The van der Waals surface area contributed by atoms with E-state index in [1.165, 1.54) is 4.88 Å². The van der Waals surface area contributed by atoms with E-state index in [9.17, 15) is 4.79 Å². The number of hydrogen-bond acceptors (Lipinski definition) is 4. The van der Waals surface area contributed by atoms with E-state index in [2.05, 4.69) is 36.4 Å². The normalized spacial score (nSPS) is 16.5. The summed E-state index contributed by atoms with van der Waals surface area (Å²) in [6.45, 7) is 5.63. The third-order valence-electron chi connectivity index (χ3n) is 4.83. The van der Waals surface area contributed by atoms with Gasteiger partial charge in [0.15, 0.2) is 0 Å². The lowest BCUT2D eigenvalue weighted by molar-refractivity contribution is 0.0663. The number of nitrogens with zero attached hydrogens (tertiary/aromatic N) is 2. The molecule has 0 N–H and O–H groups in total. The van der Waals surface area contributed by atoms with Crippen LogP contribution in [0.3, 0.4) is 0 Å². The molecule has 2 heterocycles. The van der Waals surface area contributed by atoms with Crippen LogP contribution in [0.15, 0.2) is 41.8 Å². The zero-order valence-electron chi connectivity index (χ0n) is 15.7. The van der Waals surface area contributed by atoms with E-state index in [-0.39, 0.29) is 12.0 Å². The van der Waals surface area contributed by atoms with Crippen LogP contribution in [0.4, 0.5) is 0 Å². The quantitative estimate of drug-likeness (QED) is 0.720. The predicted molar refractivity (Wildman–Crippen MR) is 107 cm³/mol. The Morgan fingerprint density at radius 1 is 1.19 bits per heavy atom. The molecule has 4 nitrogen and oxygen atoms in total. The Bertz CT molecular complexity index is 694. The highest BCUT2D eigenvalue weighted by Gasteiger charge is 2.21. The van der Waals surface area contributed by atoms with Crippen molar-refractivity contribution in [2.24, 2.45) is 0 Å². The SMILES string of the molecule is CCCCC(Oc1cccc(C(=O)N2CCN(C)CC2)c1)c1cccs1. The maximum atomic E-state index is 12.8. The van der Waals surface area contributed by atoms with Gasteiger partial charge in [-0.1, -0.05) is 25.5 Å². The molecule has 0 saturated carbocycles. The average Bonchev–Trinajstić information content (AvgIpc) is 3.20. The summed E-state index contributed by atoms with van der Waals surface area (Å²) in [5.41, 5.74) is 0.715. The van der Waals surface area contributed by atoms with Gasteiger partial charge in [-0.2, -0.15) is 0 Å². The molecule has 0 aliphatic carbocycles. The van der Waals surface area contributed by atoms with Crippen molar-refractivity contribution in [1.82, 2.24) is 9.80 Å². The number of carbonyl (C=O) groups excluding carboxylic acids is 1. The average molecular weight is 373 g/mol. The van der Waals surface area contributed by atoms with Crippen molar-refractivity contribution in [3.05, 3.63) is 52.2 Å². The van der Waals surface area contributed by atoms with Crippen molar-refractivity contribution in [3.8, 4) is 5.75 Å². The Balaban J connectivity index is 1.70. The van der Waals surface area contributed by atoms with E-state index < -0.39 is 0 Å². The maximum Gasteiger partial charge on any atom is 0.254 e. The fourth-order valence-corrected chi connectivity index (χ4v) is 3.97. The van der Waals surface area contributed by atoms with E-state index in [1.54, 1.807) is 11.3 Å². The molecule has 0 spiro atoms. The molecule has 0 bridgehead atoms. The van der Waals surface area contributed by atoms with Gasteiger partial charge < -0.3 is 14.5 Å². The summed E-state index contributed by atoms with van der Waals surface area (Å²) in [6.07, 6.45) is 3.33. The van der Waals surface area contributed by atoms with Crippen LogP contribution in [0, 0.1) is 0 Å². The molecule has 1 fully saturated rings. The fraction of sp³-hybridized carbons (Fsp3) is 0.476. The van der Waals surface area contributed by atoms with Crippen molar-refractivity contribution in [2.45, 2.75) is 32.3 Å². The minimum absolute atomic E-state index is 0.0592. The molecule has 0 radical (unpaired) electrons. The lowest BCUT2D eigenvalue weighted by Crippen LogP contribution is -2.47. The number of unbranched alkanes of at least 4 members (excludes halogenated alkanes) is 1. The number of carbonyl (C=O) groups is 1. The van der Waals surface area contributed by atoms with E-state index in [4.69, 9.17) is 4.74 Å². The third kappa shape index (κ3) is 4.86. The van der Waals surface area contributed by atoms with Gasteiger partial charge in [-0.25, -0.2) is 0 Å². The van der Waals surface area contributed by atoms with Gasteiger partial charge in [0.1, 0.15) is 11.9 Å². The fourth-order valence-electron chi connectivity index (χ4n) is 3.18. The molecule has 1 amide bonds. The molecule has 1 atom stereocenters. The number of benzene rings is 1. The molecule has 1 aromatic carbocycles. The van der Waals surface area contributed by atoms with Crippen LogP contribution in [0.5, 0.6) is 5.75 Å². The monoisotopic (exact) mass is 372 g/mol. The summed E-state index contributed by atoms with van der Waals surface area (Å²) in [7, 11) is 2.09. The smallest absolute Gasteiger partial charge is 0.254 e. The topological polar surface area (TPSA) is 32.8 Å². The molecule has 1 aliphatic rings. The number of amides is 1. The highest BCUT2D eigenvalue weighted by Crippen LogP contribution is 2.30. The number of ether oxygens (including phenoxy) is 1. The molecule has 1 aromatic heterocycles. The van der Waals surface area contributed by atoms with E-state index in [0.29, 0.717) is 5.56 Å². The van der Waals surface area contributed by atoms with Crippen LogP contribution in [0.25, 0.3) is 0 Å². The van der Waals surface area contributed by atoms with Gasteiger partial charge in [-0.05, 0) is 49.5 Å². The van der Waals surface area contributed by atoms with E-state index in [1.807, 2.05) is 29.2 Å². The first-order valence-electron chi connectivity index (χ1n) is 9.45. The molecule has 3 rings (SSSR count). The summed E-state index contributed by atoms with van der Waals surface area (Å²) in [6, 6.07) is 11.9. The molecule has 140 valence electrons. The summed E-state index contributed by atoms with van der Waals surface area (Å²) < 4.78 is 6.29. The van der Waals surface area contributed by atoms with Gasteiger partial charge in [0.05, 0.1) is 0 Å². The van der Waals surface area contributed by atoms with Gasteiger partial charge in [-0.15, -0.1) is 11.3 Å². The van der Waals surface area contributed by atoms with Crippen LogP contribution in [-0.4, -0.2) is 48.9 Å². The zero-order chi connectivity index (χ0) is 18.4. The van der Waals surface area contributed by atoms with Crippen molar-refractivity contribution >= 4 is 17.2 Å². The molecule has 26 heavy (non-hydrogen) atoms. The minimum atomic E-state index is 0.0592. The second-order valence-corrected chi connectivity index (χ2v) is 7.87. The highest BCUT2D eigenvalue weighted by atomic mass is 32.1. The Morgan fingerprint density at radius 2 is 2.00 bits per heavy atom. The maximum absolute atomic E-state index is 12.8. The summed E-state index contributed by atoms with van der Waals surface area (Å²) in [5.74, 6) is 0.879. The first-order chi connectivity index (χ1) is 12.7. The van der Waals surface area contributed by atoms with E-state index in [0.717, 1.165) is 51.2 Å². The summed E-state index contributed by atoms with van der Waals surface area (Å²) in [4.78, 5) is 18.2. The van der Waals surface area contributed by atoms with E-state index >= 15 is 0 Å². The van der Waals surface area contributed by atoms with Crippen molar-refractivity contribution in [3.63, 3.8) is 0 Å². The molecule has 2 aromatic rings. The zero-order valence-corrected chi connectivity index (χ0v) is 16.5. The Labute approximate surface area is 160 Å². The van der Waals surface area contributed by atoms with Crippen LogP contribution in [-0.2, 0) is 0 Å². The van der Waals surface area contributed by atoms with Gasteiger partial charge in [-0.3, -0.25) is 4.79 Å². The van der Waals surface area contributed by atoms with Gasteiger partial charge >= 0.3 is 0 Å². The molecular weight excluding hydrogens is 344 g/mol. The number of rotatable bonds is 7. The third-order valence-corrected chi connectivity index (χ3v) is 5.79. The Morgan fingerprint density at radius 3 is 2.69 bits per heavy atom. The van der Waals surface area contributed by atoms with Gasteiger partial charge in [0.2, 0.25) is 0 Å². The number of likely N-dealkylation sites (N-methyl/N-ethyl adjacent to an activating group) is 1. The van der Waals surface area contributed by atoms with Gasteiger partial charge in [0, 0.05) is 36.6 Å².